The second kappa shape index (κ2) is 9.15. The molecule has 1 aliphatic rings. The summed E-state index contributed by atoms with van der Waals surface area (Å²) in [5, 5.41) is 7.07. The van der Waals surface area contributed by atoms with Crippen molar-refractivity contribution in [2.24, 2.45) is 7.05 Å². The molecular weight excluding hydrogens is 422 g/mol. The minimum Gasteiger partial charge on any atom is -0.497 e. The van der Waals surface area contributed by atoms with Gasteiger partial charge in [0.25, 0.3) is 0 Å². The molecule has 11 heteroatoms. The van der Waals surface area contributed by atoms with E-state index in [9.17, 15) is 13.2 Å². The molecule has 0 radical (unpaired) electrons. The number of aromatic nitrogens is 2. The predicted octanol–water partition coefficient (Wildman–Crippen LogP) is 1.98. The first-order valence-corrected chi connectivity index (χ1v) is 11.4. The standard InChI is InChI=1S/C20H29N5O5S/c1-14-19(15(2)23(3)22-14)31(27,28)25-10-6-9-24(11-12-25)20(26)21-17-8-7-16(29-4)13-18(17)30-5/h7-8,13H,6,9-12H2,1-5H3,(H,21,26). The van der Waals surface area contributed by atoms with Gasteiger partial charge in [0.15, 0.2) is 0 Å². The second-order valence-corrected chi connectivity index (χ2v) is 9.24. The summed E-state index contributed by atoms with van der Waals surface area (Å²) < 4.78 is 40.0. The second-order valence-electron chi connectivity index (χ2n) is 7.36. The largest absolute Gasteiger partial charge is 0.497 e. The van der Waals surface area contributed by atoms with E-state index >= 15 is 0 Å². The number of aryl methyl sites for hydroxylation is 2. The van der Waals surface area contributed by atoms with Gasteiger partial charge in [0, 0.05) is 39.3 Å². The number of rotatable bonds is 5. The summed E-state index contributed by atoms with van der Waals surface area (Å²) in [6.45, 7) is 4.71. The van der Waals surface area contributed by atoms with Crippen LogP contribution in [0.3, 0.4) is 0 Å². The Morgan fingerprint density at radius 1 is 1.10 bits per heavy atom. The van der Waals surface area contributed by atoms with Crippen LogP contribution in [0.15, 0.2) is 23.1 Å². The van der Waals surface area contributed by atoms with Crippen LogP contribution in [-0.4, -0.2) is 73.8 Å². The number of carbonyl (C=O) groups excluding carboxylic acids is 1. The molecule has 1 aliphatic heterocycles. The fraction of sp³-hybridized carbons (Fsp3) is 0.500. The Labute approximate surface area is 182 Å². The first-order chi connectivity index (χ1) is 14.7. The molecular formula is C20H29N5O5S. The van der Waals surface area contributed by atoms with Gasteiger partial charge in [0.05, 0.1) is 31.3 Å². The molecule has 2 heterocycles. The summed E-state index contributed by atoms with van der Waals surface area (Å²) in [4.78, 5) is 14.7. The topological polar surface area (TPSA) is 106 Å². The number of hydrogen-bond acceptors (Lipinski definition) is 6. The van der Waals surface area contributed by atoms with Crippen LogP contribution in [-0.2, 0) is 17.1 Å². The number of sulfonamides is 1. The van der Waals surface area contributed by atoms with E-state index in [4.69, 9.17) is 9.47 Å². The van der Waals surface area contributed by atoms with Crippen LogP contribution in [0, 0.1) is 13.8 Å². The van der Waals surface area contributed by atoms with Crippen molar-refractivity contribution in [1.29, 1.82) is 0 Å². The average molecular weight is 452 g/mol. The number of benzene rings is 1. The highest BCUT2D eigenvalue weighted by Gasteiger charge is 2.32. The summed E-state index contributed by atoms with van der Waals surface area (Å²) >= 11 is 0. The number of amides is 2. The summed E-state index contributed by atoms with van der Waals surface area (Å²) in [6.07, 6.45) is 0.532. The normalized spacial score (nSPS) is 15.5. The Morgan fingerprint density at radius 2 is 1.84 bits per heavy atom. The van der Waals surface area contributed by atoms with Gasteiger partial charge in [-0.25, -0.2) is 13.2 Å². The third-order valence-electron chi connectivity index (χ3n) is 5.43. The smallest absolute Gasteiger partial charge is 0.321 e. The van der Waals surface area contributed by atoms with E-state index in [2.05, 4.69) is 10.4 Å². The fourth-order valence-electron chi connectivity index (χ4n) is 3.69. The number of carbonyl (C=O) groups is 1. The maximum atomic E-state index is 13.2. The number of methoxy groups -OCH3 is 2. The van der Waals surface area contributed by atoms with Crippen LogP contribution in [0.25, 0.3) is 0 Å². The van der Waals surface area contributed by atoms with Gasteiger partial charge in [-0.15, -0.1) is 0 Å². The van der Waals surface area contributed by atoms with Crippen molar-refractivity contribution in [1.82, 2.24) is 19.0 Å². The van der Waals surface area contributed by atoms with Gasteiger partial charge in [-0.3, -0.25) is 4.68 Å². The molecule has 2 aromatic rings. The fourth-order valence-corrected chi connectivity index (χ4v) is 5.56. The molecule has 3 rings (SSSR count). The van der Waals surface area contributed by atoms with E-state index in [1.807, 2.05) is 0 Å². The minimum atomic E-state index is -3.69. The first kappa shape index (κ1) is 22.9. The molecule has 0 atom stereocenters. The monoisotopic (exact) mass is 451 g/mol. The number of urea groups is 1. The molecule has 10 nitrogen and oxygen atoms in total. The van der Waals surface area contributed by atoms with Crippen LogP contribution in [0.4, 0.5) is 10.5 Å². The Balaban J connectivity index is 1.72. The van der Waals surface area contributed by atoms with Gasteiger partial charge in [-0.2, -0.15) is 9.40 Å². The number of ether oxygens (including phenoxy) is 2. The van der Waals surface area contributed by atoms with Crippen molar-refractivity contribution < 1.29 is 22.7 Å². The molecule has 0 saturated carbocycles. The third-order valence-corrected chi connectivity index (χ3v) is 7.58. The number of nitrogens with zero attached hydrogens (tertiary/aromatic N) is 4. The van der Waals surface area contributed by atoms with E-state index in [0.717, 1.165) is 0 Å². The van der Waals surface area contributed by atoms with Crippen LogP contribution < -0.4 is 14.8 Å². The maximum absolute atomic E-state index is 13.2. The molecule has 0 spiro atoms. The van der Waals surface area contributed by atoms with E-state index in [1.165, 1.54) is 11.4 Å². The zero-order chi connectivity index (χ0) is 22.8. The molecule has 0 bridgehead atoms. The molecule has 1 aromatic carbocycles. The Morgan fingerprint density at radius 3 is 2.45 bits per heavy atom. The van der Waals surface area contributed by atoms with E-state index < -0.39 is 10.0 Å². The third kappa shape index (κ3) is 4.62. The molecule has 1 aromatic heterocycles. The number of hydrogen-bond donors (Lipinski definition) is 1. The Bertz CT molecular complexity index is 1070. The molecule has 31 heavy (non-hydrogen) atoms. The van der Waals surface area contributed by atoms with Gasteiger partial charge in [-0.1, -0.05) is 0 Å². The van der Waals surface area contributed by atoms with Crippen molar-refractivity contribution in [2.75, 3.05) is 45.7 Å². The van der Waals surface area contributed by atoms with Gasteiger partial charge in [-0.05, 0) is 32.4 Å². The van der Waals surface area contributed by atoms with Gasteiger partial charge in [0.2, 0.25) is 10.0 Å². The summed E-state index contributed by atoms with van der Waals surface area (Å²) in [7, 11) is 1.10. The predicted molar refractivity (Wildman–Crippen MR) is 116 cm³/mol. The van der Waals surface area contributed by atoms with Crippen LogP contribution in [0.5, 0.6) is 11.5 Å². The lowest BCUT2D eigenvalue weighted by Crippen LogP contribution is -2.39. The number of anilines is 1. The molecule has 170 valence electrons. The Kier molecular flexibility index (Phi) is 6.75. The minimum absolute atomic E-state index is 0.212. The first-order valence-electron chi connectivity index (χ1n) is 9.97. The maximum Gasteiger partial charge on any atom is 0.321 e. The summed E-state index contributed by atoms with van der Waals surface area (Å²) in [5.74, 6) is 1.10. The molecule has 0 aliphatic carbocycles. The highest BCUT2D eigenvalue weighted by molar-refractivity contribution is 7.89. The summed E-state index contributed by atoms with van der Waals surface area (Å²) in [6, 6.07) is 4.81. The zero-order valence-electron chi connectivity index (χ0n) is 18.5. The van der Waals surface area contributed by atoms with Crippen molar-refractivity contribution in [3.8, 4) is 11.5 Å². The summed E-state index contributed by atoms with van der Waals surface area (Å²) in [5.41, 5.74) is 1.59. The van der Waals surface area contributed by atoms with Crippen molar-refractivity contribution in [3.05, 3.63) is 29.6 Å². The lowest BCUT2D eigenvalue weighted by Gasteiger charge is -2.23. The zero-order valence-corrected chi connectivity index (χ0v) is 19.3. The highest BCUT2D eigenvalue weighted by atomic mass is 32.2. The van der Waals surface area contributed by atoms with Crippen molar-refractivity contribution in [3.63, 3.8) is 0 Å². The van der Waals surface area contributed by atoms with Crippen LogP contribution >= 0.6 is 0 Å². The lowest BCUT2D eigenvalue weighted by atomic mass is 10.2. The SMILES string of the molecule is COc1ccc(NC(=O)N2CCCN(S(=O)(=O)c3c(C)nn(C)c3C)CC2)c(OC)c1. The lowest BCUT2D eigenvalue weighted by molar-refractivity contribution is 0.214. The Hall–Kier alpha value is -2.79. The van der Waals surface area contributed by atoms with E-state index in [1.54, 1.807) is 55.8 Å². The van der Waals surface area contributed by atoms with Crippen LogP contribution in [0.1, 0.15) is 17.8 Å². The van der Waals surface area contributed by atoms with E-state index in [-0.39, 0.29) is 24.0 Å². The van der Waals surface area contributed by atoms with Crippen molar-refractivity contribution in [2.45, 2.75) is 25.2 Å². The molecule has 1 N–H and O–H groups in total. The quantitative estimate of drug-likeness (QED) is 0.745. The number of nitrogens with one attached hydrogen (secondary N) is 1. The molecule has 2 amide bonds. The average Bonchev–Trinajstić information content (AvgIpc) is 2.92. The molecule has 1 saturated heterocycles. The van der Waals surface area contributed by atoms with Crippen LogP contribution in [0.2, 0.25) is 0 Å². The van der Waals surface area contributed by atoms with Gasteiger partial charge >= 0.3 is 6.03 Å². The van der Waals surface area contributed by atoms with Gasteiger partial charge < -0.3 is 19.7 Å². The van der Waals surface area contributed by atoms with E-state index in [0.29, 0.717) is 48.1 Å². The van der Waals surface area contributed by atoms with Gasteiger partial charge in [0.1, 0.15) is 16.4 Å². The molecule has 1 fully saturated rings. The highest BCUT2D eigenvalue weighted by Crippen LogP contribution is 2.29. The van der Waals surface area contributed by atoms with Crippen molar-refractivity contribution >= 4 is 21.7 Å². The molecule has 0 unspecified atom stereocenters.